The summed E-state index contributed by atoms with van der Waals surface area (Å²) in [6, 6.07) is 4.46. The van der Waals surface area contributed by atoms with Crippen LogP contribution in [0.5, 0.6) is 5.75 Å². The van der Waals surface area contributed by atoms with Crippen LogP contribution in [0, 0.1) is 0 Å². The lowest BCUT2D eigenvalue weighted by atomic mass is 10.3. The average Bonchev–Trinajstić information content (AvgIpc) is 2.39. The van der Waals surface area contributed by atoms with Gasteiger partial charge in [0.2, 0.25) is 10.0 Å². The van der Waals surface area contributed by atoms with E-state index in [0.29, 0.717) is 30.4 Å². The fraction of sp³-hybridized carbons (Fsp3) is 0.500. The Morgan fingerprint density at radius 3 is 2.79 bits per heavy atom. The van der Waals surface area contributed by atoms with Crippen molar-refractivity contribution in [2.45, 2.75) is 17.9 Å². The molecule has 1 aromatic carbocycles. The van der Waals surface area contributed by atoms with Crippen LogP contribution in [0.1, 0.15) is 6.92 Å². The van der Waals surface area contributed by atoms with Gasteiger partial charge in [-0.1, -0.05) is 11.6 Å². The summed E-state index contributed by atoms with van der Waals surface area (Å²) < 4.78 is 31.6. The Kier molecular flexibility index (Phi) is 4.35. The minimum absolute atomic E-state index is 0.0698. The van der Waals surface area contributed by atoms with Crippen molar-refractivity contribution in [2.24, 2.45) is 0 Å². The lowest BCUT2D eigenvalue weighted by Crippen LogP contribution is -2.52. The summed E-state index contributed by atoms with van der Waals surface area (Å²) in [4.78, 5) is 0.201. The molecule has 1 aromatic rings. The molecule has 0 bridgehead atoms. The van der Waals surface area contributed by atoms with E-state index >= 15 is 0 Å². The molecular weight excluding hydrogens is 288 g/mol. The molecule has 0 saturated carbocycles. The molecule has 0 aromatic heterocycles. The first kappa shape index (κ1) is 14.6. The third kappa shape index (κ3) is 2.86. The normalized spacial score (nSPS) is 21.3. The number of halogens is 1. The number of piperazine rings is 1. The highest BCUT2D eigenvalue weighted by Crippen LogP contribution is 2.29. The molecule has 5 nitrogen and oxygen atoms in total. The van der Waals surface area contributed by atoms with Gasteiger partial charge in [0.15, 0.2) is 0 Å². The van der Waals surface area contributed by atoms with Gasteiger partial charge in [-0.2, -0.15) is 4.31 Å². The van der Waals surface area contributed by atoms with Gasteiger partial charge < -0.3 is 10.1 Å². The van der Waals surface area contributed by atoms with E-state index in [4.69, 9.17) is 16.3 Å². The molecule has 1 N–H and O–H groups in total. The van der Waals surface area contributed by atoms with Crippen LogP contribution in [0.15, 0.2) is 23.1 Å². The predicted molar refractivity (Wildman–Crippen MR) is 74.2 cm³/mol. The van der Waals surface area contributed by atoms with Gasteiger partial charge in [0.05, 0.1) is 17.0 Å². The van der Waals surface area contributed by atoms with Crippen molar-refractivity contribution in [2.75, 3.05) is 26.7 Å². The molecular formula is C12H17ClN2O3S. The van der Waals surface area contributed by atoms with Crippen LogP contribution in [0.2, 0.25) is 5.02 Å². The summed E-state index contributed by atoms with van der Waals surface area (Å²) in [6.45, 7) is 3.67. The van der Waals surface area contributed by atoms with E-state index < -0.39 is 10.0 Å². The minimum Gasteiger partial charge on any atom is -0.495 e. The highest BCUT2D eigenvalue weighted by atomic mass is 35.5. The lowest BCUT2D eigenvalue weighted by molar-refractivity contribution is 0.284. The second kappa shape index (κ2) is 5.66. The Morgan fingerprint density at radius 1 is 1.47 bits per heavy atom. The lowest BCUT2D eigenvalue weighted by Gasteiger charge is -2.32. The number of methoxy groups -OCH3 is 1. The number of hydrogen-bond acceptors (Lipinski definition) is 4. The van der Waals surface area contributed by atoms with E-state index in [0.717, 1.165) is 0 Å². The van der Waals surface area contributed by atoms with Gasteiger partial charge >= 0.3 is 0 Å². The van der Waals surface area contributed by atoms with E-state index in [-0.39, 0.29) is 10.9 Å². The molecule has 2 rings (SSSR count). The monoisotopic (exact) mass is 304 g/mol. The first-order valence-corrected chi connectivity index (χ1v) is 7.84. The predicted octanol–water partition coefficient (Wildman–Crippen LogP) is 1.33. The van der Waals surface area contributed by atoms with Crippen molar-refractivity contribution in [1.29, 1.82) is 0 Å². The molecule has 106 valence electrons. The molecule has 1 saturated heterocycles. The van der Waals surface area contributed by atoms with Crippen molar-refractivity contribution in [3.63, 3.8) is 0 Å². The van der Waals surface area contributed by atoms with E-state index in [2.05, 4.69) is 5.32 Å². The molecule has 0 amide bonds. The third-order valence-electron chi connectivity index (χ3n) is 3.17. The van der Waals surface area contributed by atoms with Gasteiger partial charge in [-0.3, -0.25) is 0 Å². The van der Waals surface area contributed by atoms with Crippen molar-refractivity contribution in [3.8, 4) is 5.75 Å². The Balaban J connectivity index is 2.36. The highest BCUT2D eigenvalue weighted by Gasteiger charge is 2.31. The van der Waals surface area contributed by atoms with Gasteiger partial charge in [-0.25, -0.2) is 8.42 Å². The smallest absolute Gasteiger partial charge is 0.243 e. The Labute approximate surface area is 118 Å². The molecule has 1 atom stereocenters. The van der Waals surface area contributed by atoms with Crippen molar-refractivity contribution >= 4 is 21.6 Å². The molecule has 7 heteroatoms. The van der Waals surface area contributed by atoms with Gasteiger partial charge in [0, 0.05) is 25.7 Å². The molecule has 19 heavy (non-hydrogen) atoms. The van der Waals surface area contributed by atoms with Crippen LogP contribution in [0.3, 0.4) is 0 Å². The van der Waals surface area contributed by atoms with Gasteiger partial charge in [-0.15, -0.1) is 0 Å². The third-order valence-corrected chi connectivity index (χ3v) is 5.48. The zero-order valence-corrected chi connectivity index (χ0v) is 12.5. The zero-order chi connectivity index (χ0) is 14.0. The topological polar surface area (TPSA) is 58.6 Å². The maximum absolute atomic E-state index is 12.5. The largest absolute Gasteiger partial charge is 0.495 e. The van der Waals surface area contributed by atoms with Crippen LogP contribution in [-0.4, -0.2) is 45.5 Å². The van der Waals surface area contributed by atoms with Crippen molar-refractivity contribution in [3.05, 3.63) is 23.2 Å². The van der Waals surface area contributed by atoms with Crippen molar-refractivity contribution in [1.82, 2.24) is 9.62 Å². The summed E-state index contributed by atoms with van der Waals surface area (Å²) in [5, 5.41) is 3.46. The quantitative estimate of drug-likeness (QED) is 0.915. The average molecular weight is 305 g/mol. The van der Waals surface area contributed by atoms with Crippen molar-refractivity contribution < 1.29 is 13.2 Å². The fourth-order valence-corrected chi connectivity index (χ4v) is 4.10. The maximum Gasteiger partial charge on any atom is 0.243 e. The second-order valence-corrected chi connectivity index (χ2v) is 6.76. The van der Waals surface area contributed by atoms with Crippen LogP contribution in [0.4, 0.5) is 0 Å². The van der Waals surface area contributed by atoms with Crippen LogP contribution in [-0.2, 0) is 10.0 Å². The summed E-state index contributed by atoms with van der Waals surface area (Å²) in [6.07, 6.45) is 0. The summed E-state index contributed by atoms with van der Waals surface area (Å²) >= 11 is 5.99. The number of nitrogens with zero attached hydrogens (tertiary/aromatic N) is 1. The van der Waals surface area contributed by atoms with E-state index in [1.807, 2.05) is 6.92 Å². The van der Waals surface area contributed by atoms with E-state index in [1.165, 1.54) is 23.5 Å². The second-order valence-electron chi connectivity index (χ2n) is 4.47. The van der Waals surface area contributed by atoms with E-state index in [9.17, 15) is 8.42 Å². The number of nitrogens with one attached hydrogen (secondary N) is 1. The minimum atomic E-state index is -3.51. The fourth-order valence-electron chi connectivity index (χ4n) is 2.12. The first-order valence-electron chi connectivity index (χ1n) is 6.03. The molecule has 1 fully saturated rings. The highest BCUT2D eigenvalue weighted by molar-refractivity contribution is 7.89. The number of benzene rings is 1. The SMILES string of the molecule is COc1ccc(S(=O)(=O)N2CCNC[C@H]2C)cc1Cl. The number of ether oxygens (including phenoxy) is 1. The van der Waals surface area contributed by atoms with Gasteiger partial charge in [0.25, 0.3) is 0 Å². The van der Waals surface area contributed by atoms with Crippen LogP contribution >= 0.6 is 11.6 Å². The first-order chi connectivity index (χ1) is 8.96. The maximum atomic E-state index is 12.5. The molecule has 1 aliphatic heterocycles. The molecule has 0 radical (unpaired) electrons. The molecule has 0 unspecified atom stereocenters. The summed E-state index contributed by atoms with van der Waals surface area (Å²) in [5.41, 5.74) is 0. The molecule has 1 aliphatic rings. The molecule has 0 spiro atoms. The number of hydrogen-bond donors (Lipinski definition) is 1. The number of sulfonamides is 1. The number of rotatable bonds is 3. The standard InChI is InChI=1S/C12H17ClN2O3S/c1-9-8-14-5-6-15(9)19(16,17)10-3-4-12(18-2)11(13)7-10/h3-4,7,9,14H,5-6,8H2,1-2H3/t9-/m1/s1. The Morgan fingerprint density at radius 2 is 2.21 bits per heavy atom. The van der Waals surface area contributed by atoms with E-state index in [1.54, 1.807) is 6.07 Å². The summed E-state index contributed by atoms with van der Waals surface area (Å²) in [7, 11) is -2.01. The van der Waals surface area contributed by atoms with Crippen LogP contribution < -0.4 is 10.1 Å². The molecule has 0 aliphatic carbocycles. The van der Waals surface area contributed by atoms with Crippen LogP contribution in [0.25, 0.3) is 0 Å². The molecule has 1 heterocycles. The van der Waals surface area contributed by atoms with Gasteiger partial charge in [-0.05, 0) is 25.1 Å². The Bertz CT molecular complexity index is 562. The summed E-state index contributed by atoms with van der Waals surface area (Å²) in [5.74, 6) is 0.467. The zero-order valence-electron chi connectivity index (χ0n) is 10.9. The van der Waals surface area contributed by atoms with Gasteiger partial charge in [0.1, 0.15) is 5.75 Å². The Hall–Kier alpha value is -0.820.